The number of pyridine rings is 3. The van der Waals surface area contributed by atoms with Crippen LogP contribution in [0.15, 0.2) is 73.4 Å². The maximum atomic E-state index is 13.5. The van der Waals surface area contributed by atoms with Gasteiger partial charge in [-0.05, 0) is 42.3 Å². The van der Waals surface area contributed by atoms with Crippen molar-refractivity contribution in [2.45, 2.75) is 26.2 Å². The van der Waals surface area contributed by atoms with E-state index in [1.54, 1.807) is 43.1 Å². The summed E-state index contributed by atoms with van der Waals surface area (Å²) in [7, 11) is 0. The fourth-order valence-corrected chi connectivity index (χ4v) is 4.54. The molecule has 0 radical (unpaired) electrons. The number of carbonyl (C=O) groups is 1. The number of hydrogen-bond acceptors (Lipinski definition) is 5. The molecule has 6 aromatic rings. The van der Waals surface area contributed by atoms with Gasteiger partial charge in [-0.15, -0.1) is 0 Å². The largest absolute Gasteiger partial charge is 0.352 e. The second kappa shape index (κ2) is 9.85. The fourth-order valence-electron chi connectivity index (χ4n) is 4.54. The third-order valence-electron chi connectivity index (χ3n) is 6.49. The van der Waals surface area contributed by atoms with Crippen molar-refractivity contribution in [3.05, 3.63) is 79.3 Å². The number of aromatic nitrogens is 6. The lowest BCUT2D eigenvalue weighted by atomic mass is 10.0. The molecule has 0 saturated heterocycles. The van der Waals surface area contributed by atoms with E-state index < -0.39 is 0 Å². The first-order valence-corrected chi connectivity index (χ1v) is 12.4. The number of nitrogens with zero attached hydrogens (tertiary/aromatic N) is 4. The Hall–Kier alpha value is -4.92. The monoisotopic (exact) mass is 505 g/mol. The van der Waals surface area contributed by atoms with Crippen LogP contribution < -0.4 is 5.32 Å². The van der Waals surface area contributed by atoms with Gasteiger partial charge < -0.3 is 10.3 Å². The molecule has 3 N–H and O–H groups in total. The lowest BCUT2D eigenvalue weighted by Crippen LogP contribution is -2.11. The zero-order chi connectivity index (χ0) is 26.1. The molecule has 0 aliphatic carbocycles. The molecule has 188 valence electrons. The Bertz CT molecular complexity index is 1770. The van der Waals surface area contributed by atoms with Crippen LogP contribution in [-0.2, 0) is 4.79 Å². The Balaban J connectivity index is 1.37. The summed E-state index contributed by atoms with van der Waals surface area (Å²) < 4.78 is 13.5. The highest BCUT2D eigenvalue weighted by molar-refractivity contribution is 6.00. The van der Waals surface area contributed by atoms with E-state index in [9.17, 15) is 9.18 Å². The molecular weight excluding hydrogens is 481 g/mol. The molecule has 0 fully saturated rings. The Labute approximate surface area is 217 Å². The van der Waals surface area contributed by atoms with Crippen LogP contribution in [0.5, 0.6) is 0 Å². The number of aromatic amines is 2. The van der Waals surface area contributed by atoms with Crippen molar-refractivity contribution in [2.24, 2.45) is 0 Å². The first-order valence-electron chi connectivity index (χ1n) is 12.4. The van der Waals surface area contributed by atoms with Gasteiger partial charge in [0, 0.05) is 52.5 Å². The molecule has 0 bridgehead atoms. The van der Waals surface area contributed by atoms with E-state index in [1.165, 1.54) is 12.1 Å². The standard InChI is InChI=1S/C29H24FN7O/c1-2-3-4-27(38)34-21-9-18(12-31-14-21)19-10-23-28(36-37-29(23)33-13-19)25-11-22-24(15-32-16-26(22)35-25)17-5-7-20(30)8-6-17/h5-16,35H,2-4H2,1H3,(H,34,38)(H,33,36,37). The van der Waals surface area contributed by atoms with Crippen molar-refractivity contribution in [3.63, 3.8) is 0 Å². The summed E-state index contributed by atoms with van der Waals surface area (Å²) in [6.45, 7) is 2.06. The van der Waals surface area contributed by atoms with Crippen LogP contribution in [0.4, 0.5) is 10.1 Å². The average molecular weight is 506 g/mol. The molecule has 6 rings (SSSR count). The Morgan fingerprint density at radius 3 is 2.58 bits per heavy atom. The van der Waals surface area contributed by atoms with E-state index in [-0.39, 0.29) is 11.7 Å². The normalized spacial score (nSPS) is 11.3. The van der Waals surface area contributed by atoms with Gasteiger partial charge in [-0.25, -0.2) is 9.37 Å². The molecular formula is C29H24FN7O. The van der Waals surface area contributed by atoms with Crippen LogP contribution in [0.1, 0.15) is 26.2 Å². The molecule has 8 nitrogen and oxygen atoms in total. The van der Waals surface area contributed by atoms with E-state index in [4.69, 9.17) is 0 Å². The zero-order valence-corrected chi connectivity index (χ0v) is 20.6. The highest BCUT2D eigenvalue weighted by Crippen LogP contribution is 2.34. The van der Waals surface area contributed by atoms with Gasteiger partial charge in [-0.1, -0.05) is 25.5 Å². The van der Waals surface area contributed by atoms with Crippen molar-refractivity contribution in [1.82, 2.24) is 30.1 Å². The van der Waals surface area contributed by atoms with Gasteiger partial charge in [0.15, 0.2) is 5.65 Å². The SMILES string of the molecule is CCCCC(=O)Nc1cncc(-c2cnc3n[nH]c(-c4cc5c(-c6ccc(F)cc6)cncc5[nH]4)c3c2)c1. The lowest BCUT2D eigenvalue weighted by Gasteiger charge is -2.07. The number of amides is 1. The topological polar surface area (TPSA) is 112 Å². The van der Waals surface area contributed by atoms with Gasteiger partial charge in [0.25, 0.3) is 0 Å². The van der Waals surface area contributed by atoms with Crippen molar-refractivity contribution < 1.29 is 9.18 Å². The summed E-state index contributed by atoms with van der Waals surface area (Å²) in [5.41, 5.74) is 7.15. The first-order chi connectivity index (χ1) is 18.6. The molecule has 0 unspecified atom stereocenters. The number of benzene rings is 1. The summed E-state index contributed by atoms with van der Waals surface area (Å²) >= 11 is 0. The first kappa shape index (κ1) is 23.5. The molecule has 5 aromatic heterocycles. The van der Waals surface area contributed by atoms with Crippen LogP contribution in [0.2, 0.25) is 0 Å². The predicted octanol–water partition coefficient (Wildman–Crippen LogP) is 6.50. The molecule has 9 heteroatoms. The zero-order valence-electron chi connectivity index (χ0n) is 20.6. The minimum Gasteiger partial charge on any atom is -0.352 e. The number of nitrogens with one attached hydrogen (secondary N) is 3. The molecule has 0 spiro atoms. The summed E-state index contributed by atoms with van der Waals surface area (Å²) in [6.07, 6.45) is 11.0. The lowest BCUT2D eigenvalue weighted by molar-refractivity contribution is -0.116. The maximum Gasteiger partial charge on any atom is 0.224 e. The molecule has 0 saturated carbocycles. The van der Waals surface area contributed by atoms with E-state index in [2.05, 4.69) is 42.4 Å². The summed E-state index contributed by atoms with van der Waals surface area (Å²) in [5, 5.41) is 12.2. The fraction of sp³-hybridized carbons (Fsp3) is 0.138. The van der Waals surface area contributed by atoms with Gasteiger partial charge in [-0.3, -0.25) is 19.9 Å². The van der Waals surface area contributed by atoms with Gasteiger partial charge in [0.2, 0.25) is 5.91 Å². The Kier molecular flexibility index (Phi) is 6.09. The molecule has 0 atom stereocenters. The maximum absolute atomic E-state index is 13.5. The smallest absolute Gasteiger partial charge is 0.224 e. The summed E-state index contributed by atoms with van der Waals surface area (Å²) in [6, 6.07) is 12.3. The van der Waals surface area contributed by atoms with Crippen molar-refractivity contribution in [2.75, 3.05) is 5.32 Å². The average Bonchev–Trinajstić information content (AvgIpc) is 3.56. The Morgan fingerprint density at radius 2 is 1.74 bits per heavy atom. The second-order valence-corrected chi connectivity index (χ2v) is 9.15. The molecule has 5 heterocycles. The van der Waals surface area contributed by atoms with Gasteiger partial charge in [0.1, 0.15) is 5.82 Å². The summed E-state index contributed by atoms with van der Waals surface area (Å²) in [4.78, 5) is 28.8. The second-order valence-electron chi connectivity index (χ2n) is 9.15. The number of fused-ring (bicyclic) bond motifs is 2. The van der Waals surface area contributed by atoms with Gasteiger partial charge in [0.05, 0.1) is 35.0 Å². The van der Waals surface area contributed by atoms with Crippen LogP contribution in [0, 0.1) is 5.82 Å². The van der Waals surface area contributed by atoms with E-state index in [0.29, 0.717) is 17.8 Å². The Morgan fingerprint density at radius 1 is 0.921 bits per heavy atom. The third kappa shape index (κ3) is 4.50. The van der Waals surface area contributed by atoms with E-state index in [0.717, 1.165) is 62.8 Å². The van der Waals surface area contributed by atoms with E-state index >= 15 is 0 Å². The summed E-state index contributed by atoms with van der Waals surface area (Å²) in [5.74, 6) is -0.305. The molecule has 1 amide bonds. The predicted molar refractivity (Wildman–Crippen MR) is 146 cm³/mol. The number of hydrogen-bond donors (Lipinski definition) is 3. The van der Waals surface area contributed by atoms with Crippen LogP contribution in [0.25, 0.3) is 55.6 Å². The third-order valence-corrected chi connectivity index (χ3v) is 6.49. The quantitative estimate of drug-likeness (QED) is 0.229. The van der Waals surface area contributed by atoms with Crippen molar-refractivity contribution in [1.29, 1.82) is 0 Å². The van der Waals surface area contributed by atoms with Crippen LogP contribution in [-0.4, -0.2) is 36.0 Å². The number of rotatable bonds is 7. The minimum atomic E-state index is -0.282. The number of H-pyrrole nitrogens is 2. The molecule has 38 heavy (non-hydrogen) atoms. The van der Waals surface area contributed by atoms with Crippen LogP contribution in [0.3, 0.4) is 0 Å². The highest BCUT2D eigenvalue weighted by atomic mass is 19.1. The van der Waals surface area contributed by atoms with Crippen LogP contribution >= 0.6 is 0 Å². The molecule has 0 aliphatic heterocycles. The van der Waals surface area contributed by atoms with Gasteiger partial charge >= 0.3 is 0 Å². The van der Waals surface area contributed by atoms with E-state index in [1.807, 2.05) is 18.2 Å². The van der Waals surface area contributed by atoms with Gasteiger partial charge in [-0.2, -0.15) is 5.10 Å². The number of halogens is 1. The molecule has 1 aromatic carbocycles. The van der Waals surface area contributed by atoms with Crippen molar-refractivity contribution in [3.8, 4) is 33.6 Å². The number of carbonyl (C=O) groups excluding carboxylic acids is 1. The number of unbranched alkanes of at least 4 members (excludes halogenated alkanes) is 1. The number of anilines is 1. The highest BCUT2D eigenvalue weighted by Gasteiger charge is 2.15. The molecule has 0 aliphatic rings. The minimum absolute atomic E-state index is 0.0233. The van der Waals surface area contributed by atoms with Crippen molar-refractivity contribution >= 4 is 33.5 Å².